The Morgan fingerprint density at radius 1 is 0.542 bits per heavy atom. The summed E-state index contributed by atoms with van der Waals surface area (Å²) in [6.07, 6.45) is 3.42. The second-order valence-corrected chi connectivity index (χ2v) is 12.3. The first-order valence-corrected chi connectivity index (χ1v) is 16.6. The molecule has 0 aliphatic carbocycles. The fourth-order valence-electron chi connectivity index (χ4n) is 6.88. The second kappa shape index (κ2) is 11.6. The molecule has 0 radical (unpaired) electrons. The lowest BCUT2D eigenvalue weighted by atomic mass is 10.1. The Bertz CT molecular complexity index is 2600. The van der Waals surface area contributed by atoms with Crippen LogP contribution in [0.25, 0.3) is 83.6 Å². The van der Waals surface area contributed by atoms with Crippen molar-refractivity contribution in [1.82, 2.24) is 19.5 Å². The van der Waals surface area contributed by atoms with E-state index >= 15 is 0 Å². The second-order valence-electron chi connectivity index (χ2n) is 12.3. The van der Waals surface area contributed by atoms with Crippen molar-refractivity contribution in [3.05, 3.63) is 145 Å². The summed E-state index contributed by atoms with van der Waals surface area (Å²) < 4.78 is 8.95. The molecule has 5 nitrogen and oxygen atoms in total. The normalized spacial score (nSPS) is 11.7. The van der Waals surface area contributed by atoms with Crippen molar-refractivity contribution in [2.75, 3.05) is 0 Å². The third-order valence-corrected chi connectivity index (χ3v) is 9.26. The molecule has 6 aromatic carbocycles. The largest absolute Gasteiger partial charge is 0.454 e. The van der Waals surface area contributed by atoms with Crippen LogP contribution in [0.1, 0.15) is 25.3 Å². The summed E-state index contributed by atoms with van der Waals surface area (Å²) in [7, 11) is 0. The highest BCUT2D eigenvalue weighted by Gasteiger charge is 2.22. The Kier molecular flexibility index (Phi) is 6.82. The van der Waals surface area contributed by atoms with Crippen LogP contribution in [0, 0.1) is 0 Å². The quantitative estimate of drug-likeness (QED) is 0.178. The van der Waals surface area contributed by atoms with Gasteiger partial charge in [0.25, 0.3) is 0 Å². The molecule has 9 rings (SSSR count). The number of aryl methyl sites for hydroxylation is 1. The van der Waals surface area contributed by atoms with Crippen LogP contribution >= 0.6 is 0 Å². The number of hydrogen-bond donors (Lipinski definition) is 0. The topological polar surface area (TPSA) is 56.7 Å². The van der Waals surface area contributed by atoms with Crippen LogP contribution in [0.2, 0.25) is 0 Å². The van der Waals surface area contributed by atoms with Gasteiger partial charge in [-0.3, -0.25) is 0 Å². The summed E-state index contributed by atoms with van der Waals surface area (Å²) >= 11 is 0. The molecule has 0 N–H and O–H groups in total. The number of aromatic nitrogens is 4. The maximum Gasteiger partial charge on any atom is 0.166 e. The highest BCUT2D eigenvalue weighted by molar-refractivity contribution is 6.21. The molecule has 0 amide bonds. The predicted octanol–water partition coefficient (Wildman–Crippen LogP) is 11.2. The fourth-order valence-corrected chi connectivity index (χ4v) is 6.88. The summed E-state index contributed by atoms with van der Waals surface area (Å²) in [5, 5.41) is 4.50. The van der Waals surface area contributed by atoms with Crippen LogP contribution in [0.4, 0.5) is 0 Å². The zero-order chi connectivity index (χ0) is 32.0. The molecule has 5 heteroatoms. The third kappa shape index (κ3) is 4.66. The number of fused-ring (bicyclic) bond motifs is 7. The van der Waals surface area contributed by atoms with Crippen LogP contribution in [0.15, 0.2) is 144 Å². The number of furan rings is 1. The highest BCUT2D eigenvalue weighted by atomic mass is 16.3. The zero-order valence-electron chi connectivity index (χ0n) is 26.6. The molecule has 230 valence electrons. The first-order chi connectivity index (χ1) is 23.8. The molecule has 3 aromatic heterocycles. The lowest BCUT2D eigenvalue weighted by Gasteiger charge is -2.14. The molecule has 0 bridgehead atoms. The SMILES string of the molecule is CCCCc1ccc(-c2nc(-c3ccccc3)nc(-c3ccccc3-n3c4ccccc4c4ccc5c6ccccc6oc5c43)n2)cc1. The van der Waals surface area contributed by atoms with Crippen LogP contribution < -0.4 is 0 Å². The van der Waals surface area contributed by atoms with E-state index in [-0.39, 0.29) is 0 Å². The van der Waals surface area contributed by atoms with Crippen LogP contribution in [-0.2, 0) is 6.42 Å². The number of unbranched alkanes of at least 4 members (excludes halogenated alkanes) is 1. The van der Waals surface area contributed by atoms with Gasteiger partial charge in [-0.15, -0.1) is 0 Å². The van der Waals surface area contributed by atoms with Gasteiger partial charge in [-0.2, -0.15) is 0 Å². The minimum atomic E-state index is 0.618. The van der Waals surface area contributed by atoms with E-state index in [9.17, 15) is 0 Å². The summed E-state index contributed by atoms with van der Waals surface area (Å²) in [6, 6.07) is 48.4. The molecule has 0 aliphatic heterocycles. The van der Waals surface area contributed by atoms with E-state index in [0.29, 0.717) is 17.5 Å². The van der Waals surface area contributed by atoms with Gasteiger partial charge in [0.1, 0.15) is 5.58 Å². The first-order valence-electron chi connectivity index (χ1n) is 16.6. The highest BCUT2D eigenvalue weighted by Crippen LogP contribution is 2.41. The van der Waals surface area contributed by atoms with Gasteiger partial charge < -0.3 is 8.98 Å². The maximum absolute atomic E-state index is 6.63. The van der Waals surface area contributed by atoms with E-state index < -0.39 is 0 Å². The van der Waals surface area contributed by atoms with Gasteiger partial charge in [-0.05, 0) is 48.7 Å². The van der Waals surface area contributed by atoms with Crippen molar-refractivity contribution in [3.63, 3.8) is 0 Å². The smallest absolute Gasteiger partial charge is 0.166 e. The van der Waals surface area contributed by atoms with Crippen LogP contribution in [0.3, 0.4) is 0 Å². The Labute approximate surface area is 278 Å². The van der Waals surface area contributed by atoms with Gasteiger partial charge >= 0.3 is 0 Å². The van der Waals surface area contributed by atoms with Crippen molar-refractivity contribution in [2.45, 2.75) is 26.2 Å². The summed E-state index contributed by atoms with van der Waals surface area (Å²) in [4.78, 5) is 15.3. The number of rotatable bonds is 7. The molecular weight excluding hydrogens is 589 g/mol. The average molecular weight is 621 g/mol. The monoisotopic (exact) mass is 620 g/mol. The number of hydrogen-bond acceptors (Lipinski definition) is 4. The van der Waals surface area contributed by atoms with Gasteiger partial charge in [-0.25, -0.2) is 15.0 Å². The zero-order valence-corrected chi connectivity index (χ0v) is 26.6. The van der Waals surface area contributed by atoms with Crippen molar-refractivity contribution < 1.29 is 4.42 Å². The van der Waals surface area contributed by atoms with E-state index in [0.717, 1.165) is 72.5 Å². The number of para-hydroxylation sites is 3. The van der Waals surface area contributed by atoms with Gasteiger partial charge in [0, 0.05) is 38.2 Å². The lowest BCUT2D eigenvalue weighted by molar-refractivity contribution is 0.671. The van der Waals surface area contributed by atoms with Gasteiger partial charge in [0.15, 0.2) is 23.1 Å². The summed E-state index contributed by atoms with van der Waals surface area (Å²) in [5.41, 5.74) is 8.98. The summed E-state index contributed by atoms with van der Waals surface area (Å²) in [6.45, 7) is 2.22. The van der Waals surface area contributed by atoms with Crippen molar-refractivity contribution in [1.29, 1.82) is 0 Å². The van der Waals surface area contributed by atoms with Crippen molar-refractivity contribution in [2.24, 2.45) is 0 Å². The average Bonchev–Trinajstić information content (AvgIpc) is 3.70. The maximum atomic E-state index is 6.63. The molecular formula is C43H32N4O. The lowest BCUT2D eigenvalue weighted by Crippen LogP contribution is -2.03. The molecule has 0 saturated carbocycles. The molecule has 0 spiro atoms. The van der Waals surface area contributed by atoms with Crippen LogP contribution in [0.5, 0.6) is 0 Å². The van der Waals surface area contributed by atoms with Crippen molar-refractivity contribution >= 4 is 43.7 Å². The van der Waals surface area contributed by atoms with Gasteiger partial charge in [0.05, 0.1) is 16.7 Å². The first kappa shape index (κ1) is 28.2. The Morgan fingerprint density at radius 3 is 2.00 bits per heavy atom. The van der Waals surface area contributed by atoms with Crippen LogP contribution in [-0.4, -0.2) is 19.5 Å². The van der Waals surface area contributed by atoms with E-state index in [2.05, 4.69) is 109 Å². The Hall–Kier alpha value is -6.07. The molecule has 0 aliphatic rings. The Balaban J connectivity index is 1.31. The fraction of sp³-hybridized carbons (Fsp3) is 0.0930. The molecule has 3 heterocycles. The van der Waals surface area contributed by atoms with E-state index in [1.165, 1.54) is 18.4 Å². The minimum Gasteiger partial charge on any atom is -0.454 e. The van der Waals surface area contributed by atoms with E-state index in [1.54, 1.807) is 0 Å². The van der Waals surface area contributed by atoms with Gasteiger partial charge in [-0.1, -0.05) is 123 Å². The molecule has 48 heavy (non-hydrogen) atoms. The molecule has 0 atom stereocenters. The Morgan fingerprint density at radius 2 is 1.19 bits per heavy atom. The van der Waals surface area contributed by atoms with E-state index in [4.69, 9.17) is 19.4 Å². The molecule has 0 unspecified atom stereocenters. The third-order valence-electron chi connectivity index (χ3n) is 9.26. The minimum absolute atomic E-state index is 0.618. The van der Waals surface area contributed by atoms with Crippen molar-refractivity contribution in [3.8, 4) is 39.9 Å². The standard InChI is InChI=1S/C43H32N4O/c1-2-3-13-28-22-24-30(25-23-28)42-44-41(29-14-5-4-6-15-29)45-43(46-42)35-18-8-11-20-37(35)47-36-19-10-7-16-31(36)33-26-27-34-32-17-9-12-21-38(32)48-40(34)39(33)47/h4-12,14-27H,2-3,13H2,1H3. The number of benzene rings is 6. The number of nitrogens with zero attached hydrogens (tertiary/aromatic N) is 4. The molecule has 0 fully saturated rings. The predicted molar refractivity (Wildman–Crippen MR) is 196 cm³/mol. The molecule has 9 aromatic rings. The van der Waals surface area contributed by atoms with Gasteiger partial charge in [0.2, 0.25) is 0 Å². The van der Waals surface area contributed by atoms with E-state index in [1.807, 2.05) is 42.5 Å². The molecule has 0 saturated heterocycles. The summed E-state index contributed by atoms with van der Waals surface area (Å²) in [5.74, 6) is 1.91.